The molecule has 0 aliphatic heterocycles. The van der Waals surface area contributed by atoms with Crippen LogP contribution in [0.25, 0.3) is 0 Å². The minimum Gasteiger partial charge on any atom is -0.389 e. The van der Waals surface area contributed by atoms with Gasteiger partial charge in [0.25, 0.3) is 5.91 Å². The van der Waals surface area contributed by atoms with E-state index in [0.29, 0.717) is 16.8 Å². The van der Waals surface area contributed by atoms with Crippen molar-refractivity contribution in [3.8, 4) is 0 Å². The molecule has 1 amide bonds. The van der Waals surface area contributed by atoms with Gasteiger partial charge < -0.3 is 11.1 Å². The third kappa shape index (κ3) is 3.70. The summed E-state index contributed by atoms with van der Waals surface area (Å²) in [5.41, 5.74) is 8.38. The molecule has 0 bridgehead atoms. The van der Waals surface area contributed by atoms with Gasteiger partial charge in [0.15, 0.2) is 0 Å². The maximum atomic E-state index is 12.4. The molecule has 0 aromatic heterocycles. The van der Waals surface area contributed by atoms with Crippen LogP contribution >= 0.6 is 44.1 Å². The Hall–Kier alpha value is -1.24. The van der Waals surface area contributed by atoms with Crippen LogP contribution in [0, 0.1) is 6.92 Å². The van der Waals surface area contributed by atoms with Crippen molar-refractivity contribution < 1.29 is 4.79 Å². The number of thiocarbonyl (C=S) groups is 1. The molecule has 0 spiro atoms. The highest BCUT2D eigenvalue weighted by Gasteiger charge is 2.14. The number of carbonyl (C=O) groups excluding carboxylic acids is 1. The summed E-state index contributed by atoms with van der Waals surface area (Å²) in [5.74, 6) is -0.204. The van der Waals surface area contributed by atoms with Gasteiger partial charge in [-0.05, 0) is 42.8 Å². The first kappa shape index (κ1) is 16.1. The van der Waals surface area contributed by atoms with E-state index in [0.717, 1.165) is 14.5 Å². The molecule has 2 aromatic rings. The number of hydrogen-bond acceptors (Lipinski definition) is 2. The molecule has 0 saturated carbocycles. The lowest BCUT2D eigenvalue weighted by molar-refractivity contribution is 0.102. The van der Waals surface area contributed by atoms with E-state index in [1.165, 1.54) is 0 Å². The molecule has 0 fully saturated rings. The van der Waals surface area contributed by atoms with Crippen LogP contribution in [0.5, 0.6) is 0 Å². The average molecular weight is 428 g/mol. The molecule has 3 nitrogen and oxygen atoms in total. The van der Waals surface area contributed by atoms with Crippen LogP contribution in [0.1, 0.15) is 21.5 Å². The maximum absolute atomic E-state index is 12.4. The lowest BCUT2D eigenvalue weighted by Crippen LogP contribution is -2.18. The monoisotopic (exact) mass is 426 g/mol. The molecular weight excluding hydrogens is 416 g/mol. The number of anilines is 1. The number of halogens is 2. The van der Waals surface area contributed by atoms with Gasteiger partial charge in [0, 0.05) is 20.1 Å². The lowest BCUT2D eigenvalue weighted by Gasteiger charge is -2.12. The highest BCUT2D eigenvalue weighted by Crippen LogP contribution is 2.24. The number of carbonyl (C=O) groups is 1. The molecule has 0 unspecified atom stereocenters. The van der Waals surface area contributed by atoms with Crippen LogP contribution < -0.4 is 11.1 Å². The summed E-state index contributed by atoms with van der Waals surface area (Å²) in [6.07, 6.45) is 0. The van der Waals surface area contributed by atoms with Crippen molar-refractivity contribution in [3.63, 3.8) is 0 Å². The summed E-state index contributed by atoms with van der Waals surface area (Å²) >= 11 is 11.8. The Balaban J connectivity index is 2.38. The third-order valence-electron chi connectivity index (χ3n) is 3.01. The van der Waals surface area contributed by atoms with Gasteiger partial charge in [0.2, 0.25) is 0 Å². The molecule has 0 aliphatic rings. The van der Waals surface area contributed by atoms with Crippen molar-refractivity contribution in [1.29, 1.82) is 0 Å². The molecule has 0 aliphatic carbocycles. The number of hydrogen-bond donors (Lipinski definition) is 2. The quantitative estimate of drug-likeness (QED) is 0.713. The third-order valence-corrected chi connectivity index (χ3v) is 4.58. The Morgan fingerprint density at radius 1 is 1.19 bits per heavy atom. The molecule has 2 rings (SSSR count). The summed E-state index contributed by atoms with van der Waals surface area (Å²) in [4.78, 5) is 12.7. The fraction of sp³-hybridized carbons (Fsp3) is 0.0667. The van der Waals surface area contributed by atoms with Gasteiger partial charge in [0.05, 0.1) is 5.69 Å². The van der Waals surface area contributed by atoms with E-state index < -0.39 is 0 Å². The van der Waals surface area contributed by atoms with Crippen molar-refractivity contribution in [1.82, 2.24) is 0 Å². The zero-order valence-electron chi connectivity index (χ0n) is 11.1. The van der Waals surface area contributed by atoms with Gasteiger partial charge in [0.1, 0.15) is 4.99 Å². The minimum atomic E-state index is -0.204. The van der Waals surface area contributed by atoms with E-state index >= 15 is 0 Å². The van der Waals surface area contributed by atoms with Crippen LogP contribution in [0.3, 0.4) is 0 Å². The smallest absolute Gasteiger partial charge is 0.255 e. The molecule has 3 N–H and O–H groups in total. The summed E-state index contributed by atoms with van der Waals surface area (Å²) in [7, 11) is 0. The van der Waals surface area contributed by atoms with Crippen molar-refractivity contribution in [2.24, 2.45) is 5.73 Å². The highest BCUT2D eigenvalue weighted by atomic mass is 79.9. The van der Waals surface area contributed by atoms with Crippen LogP contribution in [0.15, 0.2) is 45.3 Å². The fourth-order valence-corrected chi connectivity index (χ4v) is 2.78. The van der Waals surface area contributed by atoms with Crippen molar-refractivity contribution >= 4 is 60.7 Å². The van der Waals surface area contributed by atoms with Crippen LogP contribution in [-0.2, 0) is 0 Å². The Labute approximate surface area is 145 Å². The van der Waals surface area contributed by atoms with Gasteiger partial charge in [-0.1, -0.05) is 50.1 Å². The maximum Gasteiger partial charge on any atom is 0.255 e. The van der Waals surface area contributed by atoms with Gasteiger partial charge in [-0.15, -0.1) is 0 Å². The summed E-state index contributed by atoms with van der Waals surface area (Å²) in [6, 6.07) is 10.9. The van der Waals surface area contributed by atoms with Crippen LogP contribution in [-0.4, -0.2) is 10.9 Å². The first-order chi connectivity index (χ1) is 9.90. The molecule has 108 valence electrons. The van der Waals surface area contributed by atoms with E-state index in [1.54, 1.807) is 18.2 Å². The molecule has 2 aromatic carbocycles. The minimum absolute atomic E-state index is 0.204. The van der Waals surface area contributed by atoms with E-state index in [4.69, 9.17) is 18.0 Å². The fourth-order valence-electron chi connectivity index (χ4n) is 1.88. The lowest BCUT2D eigenvalue weighted by atomic mass is 10.1. The van der Waals surface area contributed by atoms with E-state index in [1.807, 2.05) is 25.1 Å². The molecule has 0 radical (unpaired) electrons. The van der Waals surface area contributed by atoms with Gasteiger partial charge >= 0.3 is 0 Å². The number of benzene rings is 2. The SMILES string of the molecule is Cc1c(Br)cccc1C(=O)Nc1cc(Br)ccc1C(N)=S. The molecule has 0 saturated heterocycles. The standard InChI is InChI=1S/C15H12Br2N2OS/c1-8-10(3-2-4-12(8)17)15(20)19-13-7-9(16)5-6-11(13)14(18)21/h2-7H,1H3,(H2,18,21)(H,19,20). The molecule has 0 atom stereocenters. The number of amides is 1. The number of nitrogens with one attached hydrogen (secondary N) is 1. The normalized spacial score (nSPS) is 10.2. The van der Waals surface area contributed by atoms with Gasteiger partial charge in [-0.25, -0.2) is 0 Å². The second-order valence-electron chi connectivity index (χ2n) is 4.42. The average Bonchev–Trinajstić information content (AvgIpc) is 2.41. The number of nitrogens with two attached hydrogens (primary N) is 1. The molecular formula is C15H12Br2N2OS. The Morgan fingerprint density at radius 3 is 2.57 bits per heavy atom. The second-order valence-corrected chi connectivity index (χ2v) is 6.63. The van der Waals surface area contributed by atoms with Crippen LogP contribution in [0.2, 0.25) is 0 Å². The highest BCUT2D eigenvalue weighted by molar-refractivity contribution is 9.10. The first-order valence-corrected chi connectivity index (χ1v) is 8.05. The van der Waals surface area contributed by atoms with E-state index in [9.17, 15) is 4.79 Å². The molecule has 0 heterocycles. The topological polar surface area (TPSA) is 55.1 Å². The van der Waals surface area contributed by atoms with Crippen molar-refractivity contribution in [3.05, 3.63) is 62.0 Å². The van der Waals surface area contributed by atoms with Crippen LogP contribution in [0.4, 0.5) is 5.69 Å². The number of rotatable bonds is 3. The molecule has 21 heavy (non-hydrogen) atoms. The van der Waals surface area contributed by atoms with Crippen molar-refractivity contribution in [2.45, 2.75) is 6.92 Å². The van der Waals surface area contributed by atoms with E-state index in [2.05, 4.69) is 37.2 Å². The Morgan fingerprint density at radius 2 is 1.90 bits per heavy atom. The first-order valence-electron chi connectivity index (χ1n) is 6.06. The predicted molar refractivity (Wildman–Crippen MR) is 96.9 cm³/mol. The Bertz CT molecular complexity index is 732. The summed E-state index contributed by atoms with van der Waals surface area (Å²) in [5, 5.41) is 2.86. The van der Waals surface area contributed by atoms with Gasteiger partial charge in [-0.2, -0.15) is 0 Å². The zero-order valence-corrected chi connectivity index (χ0v) is 15.1. The predicted octanol–water partition coefficient (Wildman–Crippen LogP) is 4.41. The van der Waals surface area contributed by atoms with Gasteiger partial charge in [-0.3, -0.25) is 4.79 Å². The zero-order chi connectivity index (χ0) is 15.6. The summed E-state index contributed by atoms with van der Waals surface area (Å²) < 4.78 is 1.72. The molecule has 6 heteroatoms. The summed E-state index contributed by atoms with van der Waals surface area (Å²) in [6.45, 7) is 1.88. The Kier molecular flexibility index (Phi) is 5.13. The van der Waals surface area contributed by atoms with E-state index in [-0.39, 0.29) is 10.9 Å². The largest absolute Gasteiger partial charge is 0.389 e. The van der Waals surface area contributed by atoms with Crippen molar-refractivity contribution in [2.75, 3.05) is 5.32 Å². The second kappa shape index (κ2) is 6.68.